The van der Waals surface area contributed by atoms with Crippen molar-refractivity contribution in [1.82, 2.24) is 4.98 Å². The molecule has 0 aliphatic heterocycles. The number of rotatable bonds is 5. The van der Waals surface area contributed by atoms with Crippen molar-refractivity contribution in [1.29, 1.82) is 5.26 Å². The Kier molecular flexibility index (Phi) is 4.47. The second-order valence-electron chi connectivity index (χ2n) is 4.48. The number of methoxy groups -OCH3 is 1. The maximum absolute atomic E-state index is 9.01. The van der Waals surface area contributed by atoms with Crippen molar-refractivity contribution in [3.8, 4) is 11.9 Å². The summed E-state index contributed by atoms with van der Waals surface area (Å²) < 4.78 is 10.8. The zero-order valence-electron chi connectivity index (χ0n) is 10.8. The third-order valence-electron chi connectivity index (χ3n) is 2.73. The van der Waals surface area contributed by atoms with Gasteiger partial charge in [0, 0.05) is 19.7 Å². The molecule has 1 rings (SSSR count). The molecule has 17 heavy (non-hydrogen) atoms. The number of nitrogens with zero attached hydrogens (tertiary/aromatic N) is 2. The number of ether oxygens (including phenoxy) is 2. The third kappa shape index (κ3) is 3.72. The van der Waals surface area contributed by atoms with E-state index < -0.39 is 0 Å². The van der Waals surface area contributed by atoms with Crippen molar-refractivity contribution < 1.29 is 9.47 Å². The van der Waals surface area contributed by atoms with Crippen LogP contribution in [0.1, 0.15) is 31.4 Å². The molecule has 0 saturated carbocycles. The average molecular weight is 234 g/mol. The molecular formula is C13H18N2O2. The Morgan fingerprint density at radius 1 is 1.47 bits per heavy atom. The summed E-state index contributed by atoms with van der Waals surface area (Å²) in [7, 11) is 1.67. The van der Waals surface area contributed by atoms with Crippen LogP contribution in [0.4, 0.5) is 0 Å². The highest BCUT2D eigenvalue weighted by Crippen LogP contribution is 2.19. The predicted octanol–water partition coefficient (Wildman–Crippen LogP) is 2.46. The Labute approximate surface area is 102 Å². The fourth-order valence-corrected chi connectivity index (χ4v) is 1.27. The summed E-state index contributed by atoms with van der Waals surface area (Å²) in [6.07, 6.45) is 2.39. The van der Waals surface area contributed by atoms with Gasteiger partial charge in [0.1, 0.15) is 11.6 Å². The molecule has 4 nitrogen and oxygen atoms in total. The normalized spacial score (nSPS) is 11.0. The van der Waals surface area contributed by atoms with Gasteiger partial charge in [0.05, 0.1) is 12.2 Å². The first kappa shape index (κ1) is 13.5. The first-order valence-corrected chi connectivity index (χ1v) is 5.54. The third-order valence-corrected chi connectivity index (χ3v) is 2.73. The topological polar surface area (TPSA) is 55.1 Å². The van der Waals surface area contributed by atoms with Gasteiger partial charge in [0.2, 0.25) is 5.88 Å². The van der Waals surface area contributed by atoms with E-state index in [-0.39, 0.29) is 5.60 Å². The highest BCUT2D eigenvalue weighted by molar-refractivity contribution is 5.43. The summed E-state index contributed by atoms with van der Waals surface area (Å²) in [5, 5.41) is 9.01. The Hall–Kier alpha value is -1.60. The first-order chi connectivity index (χ1) is 8.00. The van der Waals surface area contributed by atoms with E-state index in [1.54, 1.807) is 19.4 Å². The quantitative estimate of drug-likeness (QED) is 0.785. The minimum Gasteiger partial charge on any atom is -0.477 e. The molecule has 1 aromatic rings. The molecule has 0 N–H and O–H groups in total. The molecule has 0 radical (unpaired) electrons. The molecule has 0 aliphatic rings. The van der Waals surface area contributed by atoms with Gasteiger partial charge in [-0.05, 0) is 32.4 Å². The largest absolute Gasteiger partial charge is 0.477 e. The van der Waals surface area contributed by atoms with Gasteiger partial charge in [0.25, 0.3) is 0 Å². The molecule has 0 bridgehead atoms. The van der Waals surface area contributed by atoms with Crippen LogP contribution < -0.4 is 4.74 Å². The number of hydrogen-bond donors (Lipinski definition) is 0. The van der Waals surface area contributed by atoms with Crippen molar-refractivity contribution in [3.05, 3.63) is 23.4 Å². The summed E-state index contributed by atoms with van der Waals surface area (Å²) in [5.41, 5.74) is 1.16. The highest BCUT2D eigenvalue weighted by Gasteiger charge is 2.17. The number of aryl methyl sites for hydroxylation is 1. The Balaban J connectivity index is 2.65. The molecule has 0 saturated heterocycles. The zero-order valence-corrected chi connectivity index (χ0v) is 10.8. The molecule has 0 amide bonds. The van der Waals surface area contributed by atoms with Gasteiger partial charge >= 0.3 is 0 Å². The number of aromatic nitrogens is 1. The van der Waals surface area contributed by atoms with Crippen LogP contribution in [0.3, 0.4) is 0 Å². The summed E-state index contributed by atoms with van der Waals surface area (Å²) >= 11 is 0. The number of pyridine rings is 1. The van der Waals surface area contributed by atoms with E-state index in [1.807, 2.05) is 20.8 Å². The molecule has 1 aromatic heterocycles. The van der Waals surface area contributed by atoms with Gasteiger partial charge in [-0.2, -0.15) is 5.26 Å². The van der Waals surface area contributed by atoms with E-state index in [0.29, 0.717) is 18.1 Å². The highest BCUT2D eigenvalue weighted by atomic mass is 16.5. The molecule has 0 spiro atoms. The van der Waals surface area contributed by atoms with Crippen LogP contribution in [0.2, 0.25) is 0 Å². The average Bonchev–Trinajstić information content (AvgIpc) is 2.29. The molecular weight excluding hydrogens is 216 g/mol. The van der Waals surface area contributed by atoms with E-state index in [1.165, 1.54) is 0 Å². The summed E-state index contributed by atoms with van der Waals surface area (Å²) in [5.74, 6) is 0.402. The predicted molar refractivity (Wildman–Crippen MR) is 64.9 cm³/mol. The lowest BCUT2D eigenvalue weighted by Crippen LogP contribution is -2.25. The van der Waals surface area contributed by atoms with E-state index in [9.17, 15) is 0 Å². The van der Waals surface area contributed by atoms with E-state index in [4.69, 9.17) is 14.7 Å². The van der Waals surface area contributed by atoms with Crippen molar-refractivity contribution in [2.24, 2.45) is 0 Å². The molecule has 0 fully saturated rings. The van der Waals surface area contributed by atoms with Gasteiger partial charge < -0.3 is 9.47 Å². The van der Waals surface area contributed by atoms with Crippen molar-refractivity contribution in [2.45, 2.75) is 32.8 Å². The maximum atomic E-state index is 9.01. The van der Waals surface area contributed by atoms with Gasteiger partial charge in [-0.1, -0.05) is 0 Å². The fourth-order valence-electron chi connectivity index (χ4n) is 1.27. The second-order valence-corrected chi connectivity index (χ2v) is 4.48. The Morgan fingerprint density at radius 3 is 2.76 bits per heavy atom. The first-order valence-electron chi connectivity index (χ1n) is 5.54. The summed E-state index contributed by atoms with van der Waals surface area (Å²) in [6, 6.07) is 3.90. The monoisotopic (exact) mass is 234 g/mol. The molecule has 1 heterocycles. The van der Waals surface area contributed by atoms with Gasteiger partial charge in [0.15, 0.2) is 0 Å². The van der Waals surface area contributed by atoms with Crippen LogP contribution in [0.5, 0.6) is 5.88 Å². The lowest BCUT2D eigenvalue weighted by Gasteiger charge is -2.22. The van der Waals surface area contributed by atoms with E-state index in [2.05, 4.69) is 11.1 Å². The minimum atomic E-state index is -0.226. The Morgan fingerprint density at radius 2 is 2.18 bits per heavy atom. The molecule has 92 valence electrons. The SMILES string of the molecule is COC(C)(C)CCOc1nccc(C)c1C#N. The molecule has 0 aliphatic carbocycles. The second kappa shape index (κ2) is 5.65. The van der Waals surface area contributed by atoms with Crippen LogP contribution in [0.15, 0.2) is 12.3 Å². The van der Waals surface area contributed by atoms with Crippen molar-refractivity contribution in [3.63, 3.8) is 0 Å². The number of hydrogen-bond acceptors (Lipinski definition) is 4. The van der Waals surface area contributed by atoms with E-state index in [0.717, 1.165) is 12.0 Å². The smallest absolute Gasteiger partial charge is 0.231 e. The maximum Gasteiger partial charge on any atom is 0.231 e. The van der Waals surface area contributed by atoms with Crippen molar-refractivity contribution in [2.75, 3.05) is 13.7 Å². The molecule has 0 aromatic carbocycles. The number of nitriles is 1. The summed E-state index contributed by atoms with van der Waals surface area (Å²) in [4.78, 5) is 4.07. The molecule has 0 atom stereocenters. The zero-order chi connectivity index (χ0) is 12.9. The van der Waals surface area contributed by atoms with Crippen LogP contribution in [0, 0.1) is 18.3 Å². The summed E-state index contributed by atoms with van der Waals surface area (Å²) in [6.45, 7) is 6.33. The fraction of sp³-hybridized carbons (Fsp3) is 0.538. The molecule has 0 unspecified atom stereocenters. The van der Waals surface area contributed by atoms with Gasteiger partial charge in [-0.15, -0.1) is 0 Å². The lowest BCUT2D eigenvalue weighted by atomic mass is 10.1. The van der Waals surface area contributed by atoms with Crippen LogP contribution in [-0.4, -0.2) is 24.3 Å². The van der Waals surface area contributed by atoms with Gasteiger partial charge in [-0.3, -0.25) is 0 Å². The van der Waals surface area contributed by atoms with Crippen LogP contribution in [-0.2, 0) is 4.74 Å². The van der Waals surface area contributed by atoms with Gasteiger partial charge in [-0.25, -0.2) is 4.98 Å². The van der Waals surface area contributed by atoms with Crippen LogP contribution >= 0.6 is 0 Å². The Bertz CT molecular complexity index is 422. The minimum absolute atomic E-state index is 0.226. The van der Waals surface area contributed by atoms with Crippen molar-refractivity contribution >= 4 is 0 Å². The lowest BCUT2D eigenvalue weighted by molar-refractivity contribution is 0.00505. The standard InChI is InChI=1S/C13H18N2O2/c1-10-5-7-15-12(11(10)9-14)17-8-6-13(2,3)16-4/h5,7H,6,8H2,1-4H3. The molecule has 4 heteroatoms. The van der Waals surface area contributed by atoms with E-state index >= 15 is 0 Å². The van der Waals surface area contributed by atoms with Crippen LogP contribution in [0.25, 0.3) is 0 Å².